The second-order valence-electron chi connectivity index (χ2n) is 3.31. The summed E-state index contributed by atoms with van der Waals surface area (Å²) in [7, 11) is 3.32. The van der Waals surface area contributed by atoms with Crippen molar-refractivity contribution in [2.75, 3.05) is 40.5 Å². The Balaban J connectivity index is 3.77. The van der Waals surface area contributed by atoms with Crippen LogP contribution in [-0.2, 0) is 14.3 Å². The van der Waals surface area contributed by atoms with Gasteiger partial charge < -0.3 is 20.1 Å². The molecule has 1 unspecified atom stereocenters. The molecule has 0 aromatic carbocycles. The molecule has 0 aliphatic rings. The fourth-order valence-corrected chi connectivity index (χ4v) is 1.08. The molecule has 1 atom stereocenters. The summed E-state index contributed by atoms with van der Waals surface area (Å²) in [5.74, 6) is 0.0343. The molecule has 0 aromatic rings. The summed E-state index contributed by atoms with van der Waals surface area (Å²) < 4.78 is 10.2. The van der Waals surface area contributed by atoms with Gasteiger partial charge in [-0.3, -0.25) is 4.79 Å². The molecule has 0 aliphatic carbocycles. The molecule has 90 valence electrons. The first kappa shape index (κ1) is 14.3. The summed E-state index contributed by atoms with van der Waals surface area (Å²) in [5, 5.41) is 0. The summed E-state index contributed by atoms with van der Waals surface area (Å²) in [5.41, 5.74) is 5.43. The Morgan fingerprint density at radius 2 is 2.20 bits per heavy atom. The molecule has 0 aromatic heterocycles. The Bertz CT molecular complexity index is 172. The van der Waals surface area contributed by atoms with Gasteiger partial charge in [-0.1, -0.05) is 0 Å². The molecule has 5 nitrogen and oxygen atoms in total. The van der Waals surface area contributed by atoms with E-state index in [1.165, 1.54) is 0 Å². The third-order valence-electron chi connectivity index (χ3n) is 2.20. The number of rotatable bonds is 8. The molecular weight excluding hydrogens is 196 g/mol. The first-order valence-electron chi connectivity index (χ1n) is 5.20. The van der Waals surface area contributed by atoms with Crippen molar-refractivity contribution in [2.24, 2.45) is 5.73 Å². The van der Waals surface area contributed by atoms with Crippen LogP contribution in [0.4, 0.5) is 0 Å². The van der Waals surface area contributed by atoms with Crippen LogP contribution in [0, 0.1) is 0 Å². The van der Waals surface area contributed by atoms with Crippen molar-refractivity contribution in [2.45, 2.75) is 19.4 Å². The number of likely N-dealkylation sites (N-methyl/N-ethyl adjacent to an activating group) is 1. The minimum atomic E-state index is -0.188. The molecule has 0 bridgehead atoms. The van der Waals surface area contributed by atoms with Crippen molar-refractivity contribution in [3.8, 4) is 0 Å². The van der Waals surface area contributed by atoms with Crippen LogP contribution < -0.4 is 5.73 Å². The van der Waals surface area contributed by atoms with Gasteiger partial charge in [0, 0.05) is 33.9 Å². The lowest BCUT2D eigenvalue weighted by Gasteiger charge is -2.19. The molecular formula is C10H22N2O3. The Morgan fingerprint density at radius 3 is 2.67 bits per heavy atom. The molecule has 0 radical (unpaired) electrons. The minimum Gasteiger partial charge on any atom is -0.380 e. The highest BCUT2D eigenvalue weighted by molar-refractivity contribution is 5.76. The Labute approximate surface area is 91.5 Å². The van der Waals surface area contributed by atoms with Crippen LogP contribution >= 0.6 is 0 Å². The standard InChI is InChI=1S/C10H22N2O3/c1-4-15-6-5-12(2)10(13)7-9(8-11)14-3/h9H,4-8,11H2,1-3H3. The Morgan fingerprint density at radius 1 is 1.53 bits per heavy atom. The molecule has 0 saturated carbocycles. The van der Waals surface area contributed by atoms with E-state index in [1.807, 2.05) is 6.92 Å². The van der Waals surface area contributed by atoms with Gasteiger partial charge in [0.2, 0.25) is 5.91 Å². The number of carbonyl (C=O) groups is 1. The summed E-state index contributed by atoms with van der Waals surface area (Å²) in [6.07, 6.45) is 0.141. The lowest BCUT2D eigenvalue weighted by Crippen LogP contribution is -2.35. The van der Waals surface area contributed by atoms with Crippen LogP contribution in [0.5, 0.6) is 0 Å². The number of carbonyl (C=O) groups excluding carboxylic acids is 1. The minimum absolute atomic E-state index is 0.0343. The molecule has 1 amide bonds. The van der Waals surface area contributed by atoms with Crippen LogP contribution in [0.3, 0.4) is 0 Å². The first-order valence-corrected chi connectivity index (χ1v) is 5.20. The molecule has 0 spiro atoms. The molecule has 2 N–H and O–H groups in total. The largest absolute Gasteiger partial charge is 0.380 e. The maximum atomic E-state index is 11.6. The van der Waals surface area contributed by atoms with Gasteiger partial charge in [-0.25, -0.2) is 0 Å². The van der Waals surface area contributed by atoms with Gasteiger partial charge in [0.1, 0.15) is 0 Å². The summed E-state index contributed by atoms with van der Waals surface area (Å²) in [6, 6.07) is 0. The van der Waals surface area contributed by atoms with E-state index < -0.39 is 0 Å². The van der Waals surface area contributed by atoms with Crippen molar-refractivity contribution < 1.29 is 14.3 Å². The van der Waals surface area contributed by atoms with Crippen molar-refractivity contribution in [3.63, 3.8) is 0 Å². The predicted octanol–water partition coefficient (Wildman–Crippen LogP) is -0.155. The lowest BCUT2D eigenvalue weighted by atomic mass is 10.2. The van der Waals surface area contributed by atoms with Crippen LogP contribution in [0.1, 0.15) is 13.3 Å². The maximum Gasteiger partial charge on any atom is 0.225 e. The average Bonchev–Trinajstić information content (AvgIpc) is 2.25. The van der Waals surface area contributed by atoms with E-state index in [0.29, 0.717) is 32.7 Å². The van der Waals surface area contributed by atoms with E-state index in [9.17, 15) is 4.79 Å². The first-order chi connectivity index (χ1) is 7.15. The molecule has 15 heavy (non-hydrogen) atoms. The van der Waals surface area contributed by atoms with Crippen molar-refractivity contribution in [1.29, 1.82) is 0 Å². The zero-order valence-electron chi connectivity index (χ0n) is 9.86. The Kier molecular flexibility index (Phi) is 8.27. The van der Waals surface area contributed by atoms with E-state index >= 15 is 0 Å². The molecule has 0 saturated heterocycles. The van der Waals surface area contributed by atoms with Crippen molar-refractivity contribution in [1.82, 2.24) is 4.90 Å². The van der Waals surface area contributed by atoms with Crippen LogP contribution in [0.2, 0.25) is 0 Å². The van der Waals surface area contributed by atoms with Crippen LogP contribution in [-0.4, -0.2) is 57.4 Å². The summed E-state index contributed by atoms with van der Waals surface area (Å²) in [4.78, 5) is 13.2. The number of methoxy groups -OCH3 is 1. The van der Waals surface area contributed by atoms with E-state index in [0.717, 1.165) is 0 Å². The topological polar surface area (TPSA) is 64.8 Å². The number of amides is 1. The number of hydrogen-bond donors (Lipinski definition) is 1. The Hall–Kier alpha value is -0.650. The van der Waals surface area contributed by atoms with Gasteiger partial charge in [0.15, 0.2) is 0 Å². The molecule has 0 fully saturated rings. The zero-order valence-corrected chi connectivity index (χ0v) is 9.86. The summed E-state index contributed by atoms with van der Waals surface area (Å²) in [6.45, 7) is 4.14. The van der Waals surface area contributed by atoms with E-state index in [4.69, 9.17) is 15.2 Å². The second kappa shape index (κ2) is 8.64. The summed E-state index contributed by atoms with van der Waals surface area (Å²) >= 11 is 0. The second-order valence-corrected chi connectivity index (χ2v) is 3.31. The van der Waals surface area contributed by atoms with Crippen molar-refractivity contribution in [3.05, 3.63) is 0 Å². The smallest absolute Gasteiger partial charge is 0.225 e. The van der Waals surface area contributed by atoms with E-state index in [-0.39, 0.29) is 12.0 Å². The number of ether oxygens (including phenoxy) is 2. The van der Waals surface area contributed by atoms with Crippen LogP contribution in [0.25, 0.3) is 0 Å². The number of nitrogens with two attached hydrogens (primary N) is 1. The normalized spacial score (nSPS) is 12.5. The third-order valence-corrected chi connectivity index (χ3v) is 2.20. The fraction of sp³-hybridized carbons (Fsp3) is 0.900. The van der Waals surface area contributed by atoms with Crippen LogP contribution in [0.15, 0.2) is 0 Å². The SMILES string of the molecule is CCOCCN(C)C(=O)CC(CN)OC. The predicted molar refractivity (Wildman–Crippen MR) is 58.6 cm³/mol. The van der Waals surface area contributed by atoms with Gasteiger partial charge in [0.25, 0.3) is 0 Å². The molecule has 5 heteroatoms. The van der Waals surface area contributed by atoms with Gasteiger partial charge >= 0.3 is 0 Å². The fourth-order valence-electron chi connectivity index (χ4n) is 1.08. The number of hydrogen-bond acceptors (Lipinski definition) is 4. The zero-order chi connectivity index (χ0) is 11.7. The third kappa shape index (κ3) is 6.43. The van der Waals surface area contributed by atoms with E-state index in [1.54, 1.807) is 19.1 Å². The van der Waals surface area contributed by atoms with Gasteiger partial charge in [-0.05, 0) is 6.92 Å². The highest BCUT2D eigenvalue weighted by Crippen LogP contribution is 1.99. The molecule has 0 rings (SSSR count). The van der Waals surface area contributed by atoms with E-state index in [2.05, 4.69) is 0 Å². The monoisotopic (exact) mass is 218 g/mol. The molecule has 0 heterocycles. The number of nitrogens with zero attached hydrogens (tertiary/aromatic N) is 1. The quantitative estimate of drug-likeness (QED) is 0.575. The average molecular weight is 218 g/mol. The lowest BCUT2D eigenvalue weighted by molar-refractivity contribution is -0.133. The van der Waals surface area contributed by atoms with Gasteiger partial charge in [-0.15, -0.1) is 0 Å². The highest BCUT2D eigenvalue weighted by Gasteiger charge is 2.14. The highest BCUT2D eigenvalue weighted by atomic mass is 16.5. The van der Waals surface area contributed by atoms with Gasteiger partial charge in [-0.2, -0.15) is 0 Å². The molecule has 0 aliphatic heterocycles. The van der Waals surface area contributed by atoms with Crippen molar-refractivity contribution >= 4 is 5.91 Å². The maximum absolute atomic E-state index is 11.6. The van der Waals surface area contributed by atoms with Gasteiger partial charge in [0.05, 0.1) is 19.1 Å².